The molecule has 1 atom stereocenters. The average molecular weight is 281 g/mol. The molecule has 2 N–H and O–H groups in total. The molecular formula is C13H19N3O2S. The topological polar surface area (TPSA) is 61.4 Å². The van der Waals surface area contributed by atoms with Crippen LogP contribution >= 0.6 is 11.3 Å². The zero-order chi connectivity index (χ0) is 13.7. The fourth-order valence-electron chi connectivity index (χ4n) is 2.20. The van der Waals surface area contributed by atoms with Crippen molar-refractivity contribution in [3.8, 4) is 0 Å². The van der Waals surface area contributed by atoms with Crippen LogP contribution in [-0.4, -0.2) is 49.4 Å². The summed E-state index contributed by atoms with van der Waals surface area (Å²) >= 11 is 1.38. The largest absolute Gasteiger partial charge is 0.342 e. The van der Waals surface area contributed by atoms with E-state index in [0.717, 1.165) is 25.9 Å². The van der Waals surface area contributed by atoms with Crippen LogP contribution in [0.4, 0.5) is 0 Å². The van der Waals surface area contributed by atoms with Crippen LogP contribution in [0, 0.1) is 0 Å². The lowest BCUT2D eigenvalue weighted by atomic mass is 10.1. The van der Waals surface area contributed by atoms with E-state index in [1.165, 1.54) is 11.3 Å². The number of nitrogens with one attached hydrogen (secondary N) is 2. The Labute approximate surface area is 117 Å². The maximum Gasteiger partial charge on any atom is 0.261 e. The molecule has 2 amide bonds. The van der Waals surface area contributed by atoms with Gasteiger partial charge in [-0.1, -0.05) is 6.07 Å². The van der Waals surface area contributed by atoms with Crippen LogP contribution in [0.2, 0.25) is 0 Å². The van der Waals surface area contributed by atoms with Gasteiger partial charge in [0, 0.05) is 19.1 Å². The van der Waals surface area contributed by atoms with Gasteiger partial charge in [0.15, 0.2) is 0 Å². The summed E-state index contributed by atoms with van der Waals surface area (Å²) in [6, 6.07) is 3.94. The molecule has 5 nitrogen and oxygen atoms in total. The van der Waals surface area contributed by atoms with Gasteiger partial charge >= 0.3 is 0 Å². The third-order valence-corrected chi connectivity index (χ3v) is 4.20. The number of hydrogen-bond donors (Lipinski definition) is 2. The van der Waals surface area contributed by atoms with Gasteiger partial charge in [-0.2, -0.15) is 0 Å². The van der Waals surface area contributed by atoms with Gasteiger partial charge in [0.05, 0.1) is 11.4 Å². The summed E-state index contributed by atoms with van der Waals surface area (Å²) in [6.07, 6.45) is 2.11. The van der Waals surface area contributed by atoms with Crippen molar-refractivity contribution in [2.75, 3.05) is 26.7 Å². The molecule has 1 saturated heterocycles. The zero-order valence-corrected chi connectivity index (χ0v) is 11.8. The number of thiophene rings is 1. The molecule has 1 fully saturated rings. The second kappa shape index (κ2) is 6.68. The molecule has 2 rings (SSSR count). The van der Waals surface area contributed by atoms with E-state index in [4.69, 9.17) is 0 Å². The van der Waals surface area contributed by atoms with Gasteiger partial charge < -0.3 is 15.5 Å². The fourth-order valence-corrected chi connectivity index (χ4v) is 2.84. The van der Waals surface area contributed by atoms with E-state index in [1.807, 2.05) is 23.4 Å². The first kappa shape index (κ1) is 14.0. The van der Waals surface area contributed by atoms with Gasteiger partial charge in [-0.3, -0.25) is 9.59 Å². The van der Waals surface area contributed by atoms with Crippen molar-refractivity contribution in [3.05, 3.63) is 22.4 Å². The quantitative estimate of drug-likeness (QED) is 0.853. The Morgan fingerprint density at radius 3 is 3.05 bits per heavy atom. The average Bonchev–Trinajstić information content (AvgIpc) is 2.98. The molecule has 19 heavy (non-hydrogen) atoms. The van der Waals surface area contributed by atoms with E-state index in [-0.39, 0.29) is 18.4 Å². The Kier molecular flexibility index (Phi) is 4.93. The number of nitrogens with zero attached hydrogens (tertiary/aromatic N) is 1. The second-order valence-corrected chi connectivity index (χ2v) is 5.58. The third-order valence-electron chi connectivity index (χ3n) is 3.33. The molecule has 0 aromatic carbocycles. The molecular weight excluding hydrogens is 262 g/mol. The first-order valence-electron chi connectivity index (χ1n) is 6.47. The zero-order valence-electron chi connectivity index (χ0n) is 11.0. The Morgan fingerprint density at radius 2 is 2.37 bits per heavy atom. The summed E-state index contributed by atoms with van der Waals surface area (Å²) in [7, 11) is 1.91. The van der Waals surface area contributed by atoms with E-state index in [0.29, 0.717) is 10.9 Å². The van der Waals surface area contributed by atoms with Gasteiger partial charge in [-0.05, 0) is 31.3 Å². The summed E-state index contributed by atoms with van der Waals surface area (Å²) in [5.41, 5.74) is 0. The molecule has 0 aliphatic carbocycles. The van der Waals surface area contributed by atoms with Crippen molar-refractivity contribution in [2.24, 2.45) is 0 Å². The normalized spacial score (nSPS) is 19.2. The Balaban J connectivity index is 1.79. The Morgan fingerprint density at radius 1 is 1.53 bits per heavy atom. The van der Waals surface area contributed by atoms with E-state index < -0.39 is 0 Å². The standard InChI is InChI=1S/C13H19N3O2S/c1-14-10-4-2-6-16(9-10)12(17)8-15-13(18)11-5-3-7-19-11/h3,5,7,10,14H,2,4,6,8-9H2,1H3,(H,15,18). The number of hydrogen-bond acceptors (Lipinski definition) is 4. The Hall–Kier alpha value is -1.40. The number of carbonyl (C=O) groups is 2. The van der Waals surface area contributed by atoms with Gasteiger partial charge in [0.1, 0.15) is 0 Å². The minimum atomic E-state index is -0.175. The lowest BCUT2D eigenvalue weighted by Gasteiger charge is -2.32. The van der Waals surface area contributed by atoms with Crippen molar-refractivity contribution in [1.29, 1.82) is 0 Å². The van der Waals surface area contributed by atoms with Crippen LogP contribution in [0.25, 0.3) is 0 Å². The predicted octanol–water partition coefficient (Wildman–Crippen LogP) is 0.688. The van der Waals surface area contributed by atoms with Crippen molar-refractivity contribution in [1.82, 2.24) is 15.5 Å². The van der Waals surface area contributed by atoms with Gasteiger partial charge in [-0.15, -0.1) is 11.3 Å². The summed E-state index contributed by atoms with van der Waals surface area (Å²) in [5.74, 6) is -0.185. The molecule has 0 bridgehead atoms. The summed E-state index contributed by atoms with van der Waals surface area (Å²) in [4.78, 5) is 26.2. The smallest absolute Gasteiger partial charge is 0.261 e. The molecule has 2 heterocycles. The molecule has 1 unspecified atom stereocenters. The number of piperidine rings is 1. The highest BCUT2D eigenvalue weighted by Gasteiger charge is 2.22. The van der Waals surface area contributed by atoms with E-state index in [1.54, 1.807) is 6.07 Å². The van der Waals surface area contributed by atoms with E-state index in [9.17, 15) is 9.59 Å². The van der Waals surface area contributed by atoms with Crippen LogP contribution in [0.1, 0.15) is 22.5 Å². The summed E-state index contributed by atoms with van der Waals surface area (Å²) in [6.45, 7) is 1.59. The molecule has 0 radical (unpaired) electrons. The van der Waals surface area contributed by atoms with E-state index in [2.05, 4.69) is 10.6 Å². The minimum Gasteiger partial charge on any atom is -0.342 e. The van der Waals surface area contributed by atoms with E-state index >= 15 is 0 Å². The molecule has 1 aliphatic rings. The first-order chi connectivity index (χ1) is 9.20. The second-order valence-electron chi connectivity index (χ2n) is 4.63. The number of carbonyl (C=O) groups excluding carboxylic acids is 2. The van der Waals surface area contributed by atoms with Gasteiger partial charge in [-0.25, -0.2) is 0 Å². The lowest BCUT2D eigenvalue weighted by molar-refractivity contribution is -0.131. The first-order valence-corrected chi connectivity index (χ1v) is 7.35. The molecule has 1 aliphatic heterocycles. The third kappa shape index (κ3) is 3.78. The monoisotopic (exact) mass is 281 g/mol. The maximum absolute atomic E-state index is 12.0. The van der Waals surface area contributed by atoms with Crippen molar-refractivity contribution in [3.63, 3.8) is 0 Å². The van der Waals surface area contributed by atoms with Crippen molar-refractivity contribution >= 4 is 23.2 Å². The van der Waals surface area contributed by atoms with Crippen LogP contribution in [0.3, 0.4) is 0 Å². The SMILES string of the molecule is CNC1CCCN(C(=O)CNC(=O)c2cccs2)C1. The number of likely N-dealkylation sites (tertiary alicyclic amines) is 1. The molecule has 104 valence electrons. The summed E-state index contributed by atoms with van der Waals surface area (Å²) in [5, 5.41) is 7.72. The highest BCUT2D eigenvalue weighted by molar-refractivity contribution is 7.12. The molecule has 0 saturated carbocycles. The molecule has 0 spiro atoms. The van der Waals surface area contributed by atoms with Crippen LogP contribution < -0.4 is 10.6 Å². The van der Waals surface area contributed by atoms with Crippen molar-refractivity contribution < 1.29 is 9.59 Å². The molecule has 6 heteroatoms. The minimum absolute atomic E-state index is 0.00939. The maximum atomic E-state index is 12.0. The number of rotatable bonds is 4. The van der Waals surface area contributed by atoms with Gasteiger partial charge in [0.2, 0.25) is 5.91 Å². The van der Waals surface area contributed by atoms with Crippen LogP contribution in [0.5, 0.6) is 0 Å². The number of likely N-dealkylation sites (N-methyl/N-ethyl adjacent to an activating group) is 1. The molecule has 1 aromatic heterocycles. The highest BCUT2D eigenvalue weighted by atomic mass is 32.1. The van der Waals surface area contributed by atoms with Gasteiger partial charge in [0.25, 0.3) is 5.91 Å². The lowest BCUT2D eigenvalue weighted by Crippen LogP contribution is -2.49. The molecule has 1 aromatic rings. The van der Waals surface area contributed by atoms with Crippen LogP contribution in [-0.2, 0) is 4.79 Å². The Bertz CT molecular complexity index is 433. The summed E-state index contributed by atoms with van der Waals surface area (Å²) < 4.78 is 0. The van der Waals surface area contributed by atoms with Crippen LogP contribution in [0.15, 0.2) is 17.5 Å². The predicted molar refractivity (Wildman–Crippen MR) is 75.3 cm³/mol. The van der Waals surface area contributed by atoms with Crippen molar-refractivity contribution in [2.45, 2.75) is 18.9 Å². The number of amides is 2. The fraction of sp³-hybridized carbons (Fsp3) is 0.538. The highest BCUT2D eigenvalue weighted by Crippen LogP contribution is 2.10.